The highest BCUT2D eigenvalue weighted by Crippen LogP contribution is 2.05. The molecule has 0 aliphatic heterocycles. The molecule has 0 saturated carbocycles. The van der Waals surface area contributed by atoms with E-state index in [4.69, 9.17) is 0 Å². The molecule has 0 atom stereocenters. The normalized spacial score (nSPS) is 9.73. The fourth-order valence-corrected chi connectivity index (χ4v) is 1.10. The smallest absolute Gasteiger partial charge is 0.158 e. The molecule has 0 saturated heterocycles. The monoisotopic (exact) mass is 210 g/mol. The number of rotatable bonds is 8. The molecule has 0 heterocycles. The Balaban J connectivity index is 3.59. The second kappa shape index (κ2) is 7.10. The average Bonchev–Trinajstić information content (AvgIpc) is 2.14. The first-order chi connectivity index (χ1) is 6.93. The number of allylic oxidation sites excluding steroid dienone is 1. The molecule has 0 aliphatic rings. The van der Waals surface area contributed by atoms with Crippen molar-refractivity contribution in [1.29, 1.82) is 0 Å². The van der Waals surface area contributed by atoms with Crippen molar-refractivity contribution in [2.24, 2.45) is 0 Å². The summed E-state index contributed by atoms with van der Waals surface area (Å²) in [6.45, 7) is 6.67. The Morgan fingerprint density at radius 3 is 2.00 bits per heavy atom. The van der Waals surface area contributed by atoms with Crippen molar-refractivity contribution in [3.63, 3.8) is 0 Å². The zero-order valence-electron chi connectivity index (χ0n) is 9.47. The summed E-state index contributed by atoms with van der Waals surface area (Å²) in [5, 5.41) is 0. The Labute approximate surface area is 90.5 Å². The number of carbonyl (C=O) groups is 3. The molecule has 0 aromatic rings. The third kappa shape index (κ3) is 7.79. The van der Waals surface area contributed by atoms with Gasteiger partial charge in [-0.1, -0.05) is 6.58 Å². The molecule has 0 amide bonds. The zero-order valence-corrected chi connectivity index (χ0v) is 9.47. The predicted molar refractivity (Wildman–Crippen MR) is 58.6 cm³/mol. The van der Waals surface area contributed by atoms with Crippen molar-refractivity contribution in [2.75, 3.05) is 0 Å². The number of hydrogen-bond donors (Lipinski definition) is 0. The van der Waals surface area contributed by atoms with E-state index in [2.05, 4.69) is 6.58 Å². The Kier molecular flexibility index (Phi) is 6.50. The van der Waals surface area contributed by atoms with Crippen LogP contribution in [0.15, 0.2) is 12.2 Å². The number of carbonyl (C=O) groups excluding carboxylic acids is 3. The summed E-state index contributed by atoms with van der Waals surface area (Å²) in [5.41, 5.74) is 0.534. The highest BCUT2D eigenvalue weighted by atomic mass is 16.1. The van der Waals surface area contributed by atoms with Crippen molar-refractivity contribution in [3.05, 3.63) is 12.2 Å². The molecule has 0 aliphatic carbocycles. The fourth-order valence-electron chi connectivity index (χ4n) is 1.10. The second-order valence-corrected chi connectivity index (χ2v) is 3.80. The molecule has 15 heavy (non-hydrogen) atoms. The van der Waals surface area contributed by atoms with Crippen LogP contribution in [-0.2, 0) is 14.4 Å². The van der Waals surface area contributed by atoms with Crippen LogP contribution in [0.4, 0.5) is 0 Å². The minimum atomic E-state index is 0.00867. The summed E-state index contributed by atoms with van der Waals surface area (Å²) >= 11 is 0. The topological polar surface area (TPSA) is 51.2 Å². The van der Waals surface area contributed by atoms with Gasteiger partial charge in [0.25, 0.3) is 0 Å². The fraction of sp³-hybridized carbons (Fsp3) is 0.583. The van der Waals surface area contributed by atoms with Gasteiger partial charge in [0.1, 0.15) is 11.6 Å². The van der Waals surface area contributed by atoms with Crippen molar-refractivity contribution < 1.29 is 14.4 Å². The maximum absolute atomic E-state index is 11.2. The Bertz CT molecular complexity index is 277. The van der Waals surface area contributed by atoms with Gasteiger partial charge in [0.05, 0.1) is 0 Å². The van der Waals surface area contributed by atoms with E-state index in [0.29, 0.717) is 37.7 Å². The van der Waals surface area contributed by atoms with Crippen molar-refractivity contribution in [3.8, 4) is 0 Å². The maximum atomic E-state index is 11.2. The minimum absolute atomic E-state index is 0.00867. The molecular weight excluding hydrogens is 192 g/mol. The van der Waals surface area contributed by atoms with E-state index in [-0.39, 0.29) is 17.3 Å². The lowest BCUT2D eigenvalue weighted by Gasteiger charge is -1.99. The Morgan fingerprint density at radius 2 is 1.53 bits per heavy atom. The third-order valence-corrected chi connectivity index (χ3v) is 2.09. The quantitative estimate of drug-likeness (QED) is 0.577. The van der Waals surface area contributed by atoms with Gasteiger partial charge in [-0.3, -0.25) is 9.59 Å². The SMILES string of the molecule is C=C(C)C(=O)CCCC(=O)CCC(C)=O. The van der Waals surface area contributed by atoms with Crippen molar-refractivity contribution >= 4 is 17.3 Å². The molecule has 3 nitrogen and oxygen atoms in total. The largest absolute Gasteiger partial charge is 0.300 e. The standard InChI is InChI=1S/C12H18O3/c1-9(2)12(15)6-4-5-11(14)8-7-10(3)13/h1,4-8H2,2-3H3. The van der Waals surface area contributed by atoms with E-state index in [1.54, 1.807) is 6.92 Å². The first-order valence-electron chi connectivity index (χ1n) is 5.13. The first kappa shape index (κ1) is 13.8. The summed E-state index contributed by atoms with van der Waals surface area (Å²) in [7, 11) is 0. The van der Waals surface area contributed by atoms with Crippen LogP contribution >= 0.6 is 0 Å². The molecule has 0 spiro atoms. The van der Waals surface area contributed by atoms with E-state index in [1.807, 2.05) is 0 Å². The molecule has 0 aromatic heterocycles. The van der Waals surface area contributed by atoms with Gasteiger partial charge in [0.2, 0.25) is 0 Å². The average molecular weight is 210 g/mol. The third-order valence-electron chi connectivity index (χ3n) is 2.09. The van der Waals surface area contributed by atoms with E-state index in [0.717, 1.165) is 0 Å². The van der Waals surface area contributed by atoms with Crippen molar-refractivity contribution in [1.82, 2.24) is 0 Å². The van der Waals surface area contributed by atoms with Crippen LogP contribution in [-0.4, -0.2) is 17.3 Å². The highest BCUT2D eigenvalue weighted by Gasteiger charge is 2.06. The van der Waals surface area contributed by atoms with Crippen molar-refractivity contribution in [2.45, 2.75) is 46.0 Å². The van der Waals surface area contributed by atoms with E-state index in [9.17, 15) is 14.4 Å². The van der Waals surface area contributed by atoms with Crippen LogP contribution in [0.1, 0.15) is 46.0 Å². The Hall–Kier alpha value is -1.25. The summed E-state index contributed by atoms with van der Waals surface area (Å²) < 4.78 is 0. The van der Waals surface area contributed by atoms with Crippen LogP contribution in [0.3, 0.4) is 0 Å². The molecule has 0 unspecified atom stereocenters. The van der Waals surface area contributed by atoms with Gasteiger partial charge in [-0.2, -0.15) is 0 Å². The lowest BCUT2D eigenvalue weighted by molar-refractivity contribution is -0.123. The van der Waals surface area contributed by atoms with Gasteiger partial charge in [0.15, 0.2) is 5.78 Å². The first-order valence-corrected chi connectivity index (χ1v) is 5.13. The van der Waals surface area contributed by atoms with E-state index in [1.165, 1.54) is 6.92 Å². The summed E-state index contributed by atoms with van der Waals surface area (Å²) in [5.74, 6) is 0.0930. The number of Topliss-reactive ketones (excluding diaryl/α,β-unsaturated/α-hetero) is 3. The van der Waals surface area contributed by atoms with Gasteiger partial charge in [0, 0.05) is 25.7 Å². The molecule has 3 heteroatoms. The molecule has 0 fully saturated rings. The van der Waals surface area contributed by atoms with Crippen LogP contribution < -0.4 is 0 Å². The van der Waals surface area contributed by atoms with Crippen LogP contribution in [0.2, 0.25) is 0 Å². The second-order valence-electron chi connectivity index (χ2n) is 3.80. The summed E-state index contributed by atoms with van der Waals surface area (Å²) in [6.07, 6.45) is 1.93. The minimum Gasteiger partial charge on any atom is -0.300 e. The van der Waals surface area contributed by atoms with E-state index >= 15 is 0 Å². The van der Waals surface area contributed by atoms with Gasteiger partial charge >= 0.3 is 0 Å². The van der Waals surface area contributed by atoms with Crippen LogP contribution in [0.5, 0.6) is 0 Å². The lowest BCUT2D eigenvalue weighted by atomic mass is 10.0. The van der Waals surface area contributed by atoms with Gasteiger partial charge in [-0.05, 0) is 25.8 Å². The molecule has 0 radical (unpaired) electrons. The van der Waals surface area contributed by atoms with Gasteiger partial charge < -0.3 is 4.79 Å². The molecule has 0 rings (SSSR count). The molecular formula is C12H18O3. The highest BCUT2D eigenvalue weighted by molar-refractivity contribution is 5.94. The molecule has 0 N–H and O–H groups in total. The number of ketones is 3. The predicted octanol–water partition coefficient (Wildman–Crippen LogP) is 2.24. The molecule has 0 bridgehead atoms. The van der Waals surface area contributed by atoms with Gasteiger partial charge in [-0.15, -0.1) is 0 Å². The van der Waals surface area contributed by atoms with Crippen LogP contribution in [0.25, 0.3) is 0 Å². The van der Waals surface area contributed by atoms with Gasteiger partial charge in [-0.25, -0.2) is 0 Å². The zero-order chi connectivity index (χ0) is 11.8. The molecule has 84 valence electrons. The maximum Gasteiger partial charge on any atom is 0.158 e. The lowest BCUT2D eigenvalue weighted by Crippen LogP contribution is -2.04. The van der Waals surface area contributed by atoms with E-state index < -0.39 is 0 Å². The molecule has 0 aromatic carbocycles. The van der Waals surface area contributed by atoms with Crippen LogP contribution in [0, 0.1) is 0 Å². The number of hydrogen-bond acceptors (Lipinski definition) is 3. The summed E-state index contributed by atoms with van der Waals surface area (Å²) in [6, 6.07) is 0. The Morgan fingerprint density at radius 1 is 0.933 bits per heavy atom. The summed E-state index contributed by atoms with van der Waals surface area (Å²) in [4.78, 5) is 32.9.